The quantitative estimate of drug-likeness (QED) is 0.808. The number of nitrogens with two attached hydrogens (primary N) is 1. The molecule has 0 fully saturated rings. The van der Waals surface area contributed by atoms with Gasteiger partial charge in [0.1, 0.15) is 5.82 Å². The molecule has 5 nitrogen and oxygen atoms in total. The van der Waals surface area contributed by atoms with Crippen LogP contribution in [-0.4, -0.2) is 15.0 Å². The fraction of sp³-hybridized carbons (Fsp3) is 0.182. The highest BCUT2D eigenvalue weighted by atomic mass is 15.1. The number of pyridine rings is 1. The van der Waals surface area contributed by atoms with Crippen molar-refractivity contribution in [2.24, 2.45) is 0 Å². The summed E-state index contributed by atoms with van der Waals surface area (Å²) in [5.74, 6) is 1.03. The third kappa shape index (κ3) is 2.66. The van der Waals surface area contributed by atoms with Crippen molar-refractivity contribution in [1.29, 1.82) is 0 Å². The van der Waals surface area contributed by atoms with E-state index >= 15 is 0 Å². The van der Waals surface area contributed by atoms with Crippen molar-refractivity contribution in [1.82, 2.24) is 15.0 Å². The predicted octanol–water partition coefficient (Wildman–Crippen LogP) is 1.37. The molecule has 5 heteroatoms. The van der Waals surface area contributed by atoms with Crippen LogP contribution in [0.1, 0.15) is 11.3 Å². The van der Waals surface area contributed by atoms with Gasteiger partial charge in [0.2, 0.25) is 5.95 Å². The first-order valence-corrected chi connectivity index (χ1v) is 4.98. The largest absolute Gasteiger partial charge is 0.368 e. The van der Waals surface area contributed by atoms with E-state index in [2.05, 4.69) is 20.3 Å². The Kier molecular flexibility index (Phi) is 2.95. The van der Waals surface area contributed by atoms with Gasteiger partial charge in [0.15, 0.2) is 0 Å². The standard InChI is InChI=1S/C11H13N5/c1-8-6-10(16-11(12)15-8)14-7-9-2-4-13-5-3-9/h2-6H,7H2,1H3,(H3,12,14,15,16). The van der Waals surface area contributed by atoms with Gasteiger partial charge in [-0.15, -0.1) is 0 Å². The molecule has 0 amide bonds. The summed E-state index contributed by atoms with van der Waals surface area (Å²) in [6, 6.07) is 5.76. The second-order valence-electron chi connectivity index (χ2n) is 3.46. The third-order valence-corrected chi connectivity index (χ3v) is 2.09. The van der Waals surface area contributed by atoms with E-state index in [0.29, 0.717) is 6.54 Å². The number of nitrogens with zero attached hydrogens (tertiary/aromatic N) is 3. The van der Waals surface area contributed by atoms with Gasteiger partial charge in [-0.3, -0.25) is 4.98 Å². The average molecular weight is 215 g/mol. The Bertz CT molecular complexity index is 449. The molecule has 0 aliphatic rings. The highest BCUT2D eigenvalue weighted by Crippen LogP contribution is 2.08. The van der Waals surface area contributed by atoms with Crippen molar-refractivity contribution >= 4 is 11.8 Å². The van der Waals surface area contributed by atoms with Crippen LogP contribution in [0, 0.1) is 6.92 Å². The van der Waals surface area contributed by atoms with Gasteiger partial charge in [-0.2, -0.15) is 4.98 Å². The molecular weight excluding hydrogens is 202 g/mol. The SMILES string of the molecule is Cc1cc(NCc2ccncc2)nc(N)n1. The number of anilines is 2. The van der Waals surface area contributed by atoms with Crippen molar-refractivity contribution in [2.45, 2.75) is 13.5 Å². The molecule has 0 aromatic carbocycles. The monoisotopic (exact) mass is 215 g/mol. The number of hydrogen-bond donors (Lipinski definition) is 2. The summed E-state index contributed by atoms with van der Waals surface area (Å²) >= 11 is 0. The molecule has 0 saturated heterocycles. The molecule has 2 rings (SSSR count). The zero-order valence-electron chi connectivity index (χ0n) is 9.01. The van der Waals surface area contributed by atoms with E-state index in [1.807, 2.05) is 25.1 Å². The Morgan fingerprint density at radius 1 is 1.25 bits per heavy atom. The zero-order chi connectivity index (χ0) is 11.4. The fourth-order valence-corrected chi connectivity index (χ4v) is 1.38. The Labute approximate surface area is 93.8 Å². The molecule has 0 unspecified atom stereocenters. The van der Waals surface area contributed by atoms with Gasteiger partial charge in [-0.05, 0) is 24.6 Å². The number of aryl methyl sites for hydroxylation is 1. The lowest BCUT2D eigenvalue weighted by atomic mass is 10.3. The Morgan fingerprint density at radius 2 is 2.00 bits per heavy atom. The van der Waals surface area contributed by atoms with Gasteiger partial charge in [0.25, 0.3) is 0 Å². The minimum absolute atomic E-state index is 0.289. The van der Waals surface area contributed by atoms with E-state index in [1.54, 1.807) is 12.4 Å². The minimum Gasteiger partial charge on any atom is -0.368 e. The smallest absolute Gasteiger partial charge is 0.222 e. The van der Waals surface area contributed by atoms with Crippen molar-refractivity contribution in [3.8, 4) is 0 Å². The van der Waals surface area contributed by atoms with Crippen molar-refractivity contribution in [3.63, 3.8) is 0 Å². The van der Waals surface area contributed by atoms with Gasteiger partial charge in [0, 0.05) is 30.7 Å². The summed E-state index contributed by atoms with van der Waals surface area (Å²) in [5.41, 5.74) is 7.55. The van der Waals surface area contributed by atoms with Crippen molar-refractivity contribution < 1.29 is 0 Å². The van der Waals surface area contributed by atoms with Crippen LogP contribution in [0.3, 0.4) is 0 Å². The lowest BCUT2D eigenvalue weighted by Crippen LogP contribution is -2.05. The van der Waals surface area contributed by atoms with E-state index in [-0.39, 0.29) is 5.95 Å². The molecule has 0 aliphatic carbocycles. The maximum Gasteiger partial charge on any atom is 0.222 e. The normalized spacial score (nSPS) is 10.1. The Hall–Kier alpha value is -2.17. The van der Waals surface area contributed by atoms with E-state index in [4.69, 9.17) is 5.73 Å². The maximum atomic E-state index is 5.56. The van der Waals surface area contributed by atoms with Gasteiger partial charge in [0.05, 0.1) is 0 Å². The minimum atomic E-state index is 0.289. The van der Waals surface area contributed by atoms with Crippen LogP contribution in [0.2, 0.25) is 0 Å². The van der Waals surface area contributed by atoms with E-state index in [1.165, 1.54) is 0 Å². The van der Waals surface area contributed by atoms with E-state index < -0.39 is 0 Å². The summed E-state index contributed by atoms with van der Waals surface area (Å²) in [6.45, 7) is 2.58. The van der Waals surface area contributed by atoms with Crippen LogP contribution in [0.5, 0.6) is 0 Å². The van der Waals surface area contributed by atoms with Crippen LogP contribution in [0.4, 0.5) is 11.8 Å². The average Bonchev–Trinajstić information content (AvgIpc) is 2.27. The van der Waals surface area contributed by atoms with Gasteiger partial charge >= 0.3 is 0 Å². The first-order valence-electron chi connectivity index (χ1n) is 4.98. The summed E-state index contributed by atoms with van der Waals surface area (Å²) in [4.78, 5) is 12.1. The van der Waals surface area contributed by atoms with E-state index in [0.717, 1.165) is 17.1 Å². The molecule has 0 spiro atoms. The highest BCUT2D eigenvalue weighted by molar-refractivity contribution is 5.40. The first kappa shape index (κ1) is 10.4. The molecule has 0 bridgehead atoms. The molecule has 16 heavy (non-hydrogen) atoms. The van der Waals surface area contributed by atoms with Gasteiger partial charge < -0.3 is 11.1 Å². The second kappa shape index (κ2) is 4.57. The third-order valence-electron chi connectivity index (χ3n) is 2.09. The summed E-state index contributed by atoms with van der Waals surface area (Å²) in [7, 11) is 0. The van der Waals surface area contributed by atoms with Crippen molar-refractivity contribution in [2.75, 3.05) is 11.1 Å². The number of hydrogen-bond acceptors (Lipinski definition) is 5. The molecule has 3 N–H and O–H groups in total. The summed E-state index contributed by atoms with van der Waals surface area (Å²) in [6.07, 6.45) is 3.52. The van der Waals surface area contributed by atoms with Crippen LogP contribution in [0.15, 0.2) is 30.6 Å². The van der Waals surface area contributed by atoms with Crippen LogP contribution in [-0.2, 0) is 6.54 Å². The molecule has 0 aliphatic heterocycles. The van der Waals surface area contributed by atoms with E-state index in [9.17, 15) is 0 Å². The molecule has 0 radical (unpaired) electrons. The van der Waals surface area contributed by atoms with Gasteiger partial charge in [-0.25, -0.2) is 4.98 Å². The molecule has 0 saturated carbocycles. The second-order valence-corrected chi connectivity index (χ2v) is 3.46. The first-order chi connectivity index (χ1) is 7.74. The van der Waals surface area contributed by atoms with Gasteiger partial charge in [-0.1, -0.05) is 0 Å². The maximum absolute atomic E-state index is 5.56. The Morgan fingerprint density at radius 3 is 2.69 bits per heavy atom. The molecular formula is C11H13N5. The van der Waals surface area contributed by atoms with Crippen molar-refractivity contribution in [3.05, 3.63) is 41.9 Å². The highest BCUT2D eigenvalue weighted by Gasteiger charge is 1.98. The molecule has 2 aromatic rings. The molecule has 0 atom stereocenters. The number of aromatic nitrogens is 3. The lowest BCUT2D eigenvalue weighted by molar-refractivity contribution is 1.06. The topological polar surface area (TPSA) is 76.7 Å². The number of rotatable bonds is 3. The number of nitrogens with one attached hydrogen (secondary N) is 1. The summed E-state index contributed by atoms with van der Waals surface area (Å²) < 4.78 is 0. The molecule has 82 valence electrons. The number of nitrogen functional groups attached to an aromatic ring is 1. The van der Waals surface area contributed by atoms with Crippen LogP contribution in [0.25, 0.3) is 0 Å². The fourth-order valence-electron chi connectivity index (χ4n) is 1.38. The zero-order valence-corrected chi connectivity index (χ0v) is 9.01. The molecule has 2 aromatic heterocycles. The van der Waals surface area contributed by atoms with Crippen LogP contribution >= 0.6 is 0 Å². The Balaban J connectivity index is 2.05. The lowest BCUT2D eigenvalue weighted by Gasteiger charge is -2.06. The predicted molar refractivity (Wildman–Crippen MR) is 62.7 cm³/mol. The van der Waals surface area contributed by atoms with Crippen LogP contribution < -0.4 is 11.1 Å². The molecule has 2 heterocycles. The summed E-state index contributed by atoms with van der Waals surface area (Å²) in [5, 5.41) is 3.18.